The smallest absolute Gasteiger partial charge is 0.193 e. The maximum absolute atomic E-state index is 13.2. The molecule has 0 saturated carbocycles. The van der Waals surface area contributed by atoms with E-state index in [0.717, 1.165) is 30.9 Å². The molecule has 1 aromatic carbocycles. The first-order chi connectivity index (χ1) is 11.1. The molecule has 1 aromatic heterocycles. The first-order valence-corrected chi connectivity index (χ1v) is 7.72. The van der Waals surface area contributed by atoms with E-state index in [0.29, 0.717) is 6.54 Å². The molecular weight excluding hydrogens is 293 g/mol. The van der Waals surface area contributed by atoms with Gasteiger partial charge in [0.2, 0.25) is 0 Å². The van der Waals surface area contributed by atoms with Crippen LogP contribution in [0.4, 0.5) is 4.39 Å². The number of aryl methyl sites for hydroxylation is 2. The number of hydrogen-bond acceptors (Lipinski definition) is 2. The number of benzene rings is 1. The van der Waals surface area contributed by atoms with Gasteiger partial charge in [0.05, 0.1) is 6.20 Å². The highest BCUT2D eigenvalue weighted by Crippen LogP contribution is 2.06. The van der Waals surface area contributed by atoms with Crippen LogP contribution in [0.15, 0.2) is 41.7 Å². The first-order valence-electron chi connectivity index (χ1n) is 7.72. The molecule has 0 amide bonds. The quantitative estimate of drug-likeness (QED) is 0.505. The molecule has 5 nitrogen and oxygen atoms in total. The van der Waals surface area contributed by atoms with Gasteiger partial charge in [0.1, 0.15) is 5.82 Å². The molecular formula is C17H24FN5. The summed E-state index contributed by atoms with van der Waals surface area (Å²) in [6, 6.07) is 6.64. The van der Waals surface area contributed by atoms with Crippen molar-refractivity contribution in [2.45, 2.75) is 19.4 Å². The molecule has 23 heavy (non-hydrogen) atoms. The molecule has 124 valence electrons. The molecule has 0 atom stereocenters. The van der Waals surface area contributed by atoms with Crippen molar-refractivity contribution < 1.29 is 4.39 Å². The summed E-state index contributed by atoms with van der Waals surface area (Å²) in [4.78, 5) is 6.26. The van der Waals surface area contributed by atoms with Crippen molar-refractivity contribution in [3.8, 4) is 0 Å². The summed E-state index contributed by atoms with van der Waals surface area (Å²) < 4.78 is 15.1. The zero-order valence-corrected chi connectivity index (χ0v) is 14.0. The predicted molar refractivity (Wildman–Crippen MR) is 90.8 cm³/mol. The van der Waals surface area contributed by atoms with Crippen LogP contribution in [0.3, 0.4) is 0 Å². The molecule has 0 aliphatic rings. The van der Waals surface area contributed by atoms with E-state index in [9.17, 15) is 4.39 Å². The molecule has 0 saturated heterocycles. The normalized spacial score (nSPS) is 11.6. The van der Waals surface area contributed by atoms with Crippen LogP contribution in [-0.4, -0.2) is 41.3 Å². The van der Waals surface area contributed by atoms with E-state index in [1.165, 1.54) is 11.6 Å². The minimum atomic E-state index is -0.213. The molecule has 0 radical (unpaired) electrons. The van der Waals surface area contributed by atoms with E-state index in [1.807, 2.05) is 42.1 Å². The van der Waals surface area contributed by atoms with Crippen molar-refractivity contribution in [1.82, 2.24) is 20.0 Å². The second-order valence-electron chi connectivity index (χ2n) is 5.59. The van der Waals surface area contributed by atoms with Crippen molar-refractivity contribution in [3.63, 3.8) is 0 Å². The van der Waals surface area contributed by atoms with Gasteiger partial charge >= 0.3 is 0 Å². The van der Waals surface area contributed by atoms with Crippen molar-refractivity contribution in [2.75, 3.05) is 20.6 Å². The molecule has 1 N–H and O–H groups in total. The molecule has 0 unspecified atom stereocenters. The van der Waals surface area contributed by atoms with E-state index in [1.54, 1.807) is 19.2 Å². The van der Waals surface area contributed by atoms with Gasteiger partial charge < -0.3 is 10.2 Å². The number of halogens is 1. The van der Waals surface area contributed by atoms with Gasteiger partial charge in [0, 0.05) is 40.4 Å². The molecule has 6 heteroatoms. The third-order valence-corrected chi connectivity index (χ3v) is 3.57. The van der Waals surface area contributed by atoms with Crippen LogP contribution in [0.25, 0.3) is 0 Å². The van der Waals surface area contributed by atoms with E-state index in [2.05, 4.69) is 15.4 Å². The summed E-state index contributed by atoms with van der Waals surface area (Å²) in [5, 5.41) is 7.50. The van der Waals surface area contributed by atoms with Gasteiger partial charge in [-0.3, -0.25) is 9.67 Å². The third-order valence-electron chi connectivity index (χ3n) is 3.57. The van der Waals surface area contributed by atoms with Crippen LogP contribution >= 0.6 is 0 Å². The van der Waals surface area contributed by atoms with Crippen molar-refractivity contribution >= 4 is 5.96 Å². The highest BCUT2D eigenvalue weighted by molar-refractivity contribution is 5.79. The molecule has 0 aliphatic carbocycles. The second kappa shape index (κ2) is 8.31. The Morgan fingerprint density at radius 2 is 2.22 bits per heavy atom. The Morgan fingerprint density at radius 1 is 1.39 bits per heavy atom. The summed E-state index contributed by atoms with van der Waals surface area (Å²) >= 11 is 0. The van der Waals surface area contributed by atoms with Gasteiger partial charge in [-0.2, -0.15) is 5.10 Å². The molecule has 0 fully saturated rings. The van der Waals surface area contributed by atoms with Crippen LogP contribution in [0.2, 0.25) is 0 Å². The van der Waals surface area contributed by atoms with Gasteiger partial charge in [0.15, 0.2) is 5.96 Å². The van der Waals surface area contributed by atoms with E-state index < -0.39 is 0 Å². The Hall–Kier alpha value is -2.37. The molecule has 1 heterocycles. The summed E-state index contributed by atoms with van der Waals surface area (Å²) in [5.74, 6) is 0.593. The molecule has 2 rings (SSSR count). The Labute approximate surface area is 136 Å². The Kier molecular flexibility index (Phi) is 6.14. The lowest BCUT2D eigenvalue weighted by Crippen LogP contribution is -2.39. The van der Waals surface area contributed by atoms with Crippen LogP contribution in [-0.2, 0) is 20.0 Å². The van der Waals surface area contributed by atoms with E-state index in [4.69, 9.17) is 0 Å². The summed E-state index contributed by atoms with van der Waals surface area (Å²) in [6.45, 7) is 1.44. The number of aliphatic imine (C=N–C) groups is 1. The van der Waals surface area contributed by atoms with Gasteiger partial charge in [0.25, 0.3) is 0 Å². The Balaban J connectivity index is 1.77. The fourth-order valence-corrected chi connectivity index (χ4v) is 2.46. The fraction of sp³-hybridized carbons (Fsp3) is 0.412. The molecule has 0 bridgehead atoms. The van der Waals surface area contributed by atoms with Gasteiger partial charge in [-0.15, -0.1) is 0 Å². The highest BCUT2D eigenvalue weighted by atomic mass is 19.1. The van der Waals surface area contributed by atoms with E-state index in [-0.39, 0.29) is 5.82 Å². The fourth-order valence-electron chi connectivity index (χ4n) is 2.46. The van der Waals surface area contributed by atoms with Crippen molar-refractivity contribution in [2.24, 2.45) is 12.0 Å². The number of nitrogens with zero attached hydrogens (tertiary/aromatic N) is 4. The number of aromatic nitrogens is 2. The van der Waals surface area contributed by atoms with Gasteiger partial charge in [-0.25, -0.2) is 4.39 Å². The zero-order valence-electron chi connectivity index (χ0n) is 14.0. The molecule has 2 aromatic rings. The topological polar surface area (TPSA) is 45.5 Å². The minimum Gasteiger partial charge on any atom is -0.356 e. The minimum absolute atomic E-state index is 0.213. The van der Waals surface area contributed by atoms with Crippen LogP contribution in [0.5, 0.6) is 0 Å². The van der Waals surface area contributed by atoms with Gasteiger partial charge in [-0.05, 0) is 36.1 Å². The monoisotopic (exact) mass is 317 g/mol. The largest absolute Gasteiger partial charge is 0.356 e. The number of nitrogens with one attached hydrogen (secondary N) is 1. The number of guanidine groups is 1. The SMILES string of the molecule is CN=C(NCCCc1cnn(C)c1)N(C)Cc1cccc(F)c1. The summed E-state index contributed by atoms with van der Waals surface area (Å²) in [6.07, 6.45) is 5.90. The lowest BCUT2D eigenvalue weighted by Gasteiger charge is -2.22. The lowest BCUT2D eigenvalue weighted by atomic mass is 10.2. The second-order valence-corrected chi connectivity index (χ2v) is 5.59. The zero-order chi connectivity index (χ0) is 16.7. The lowest BCUT2D eigenvalue weighted by molar-refractivity contribution is 0.474. The average molecular weight is 317 g/mol. The maximum Gasteiger partial charge on any atom is 0.193 e. The van der Waals surface area contributed by atoms with Crippen LogP contribution in [0.1, 0.15) is 17.5 Å². The van der Waals surface area contributed by atoms with Crippen LogP contribution in [0, 0.1) is 5.82 Å². The number of rotatable bonds is 6. The predicted octanol–water partition coefficient (Wildman–Crippen LogP) is 2.20. The Bertz CT molecular complexity index is 650. The maximum atomic E-state index is 13.2. The number of hydrogen-bond donors (Lipinski definition) is 1. The van der Waals surface area contributed by atoms with Crippen molar-refractivity contribution in [1.29, 1.82) is 0 Å². The van der Waals surface area contributed by atoms with Gasteiger partial charge in [-0.1, -0.05) is 12.1 Å². The standard InChI is InChI=1S/C17H24FN5/c1-19-17(20-9-5-7-15-11-21-23(3)13-15)22(2)12-14-6-4-8-16(18)10-14/h4,6,8,10-11,13H,5,7,9,12H2,1-3H3,(H,19,20). The third kappa shape index (κ3) is 5.39. The molecule has 0 aliphatic heterocycles. The summed E-state index contributed by atoms with van der Waals surface area (Å²) in [7, 11) is 5.62. The molecule has 0 spiro atoms. The van der Waals surface area contributed by atoms with Crippen molar-refractivity contribution in [3.05, 3.63) is 53.6 Å². The Morgan fingerprint density at radius 3 is 2.87 bits per heavy atom. The highest BCUT2D eigenvalue weighted by Gasteiger charge is 2.07. The summed E-state index contributed by atoms with van der Waals surface area (Å²) in [5.41, 5.74) is 2.16. The van der Waals surface area contributed by atoms with E-state index >= 15 is 0 Å². The average Bonchev–Trinajstić information content (AvgIpc) is 2.92. The first kappa shape index (κ1) is 17.0. The van der Waals surface area contributed by atoms with Crippen LogP contribution < -0.4 is 5.32 Å².